The van der Waals surface area contributed by atoms with Gasteiger partial charge < -0.3 is 14.7 Å². The second-order valence-corrected chi connectivity index (χ2v) is 6.81. The van der Waals surface area contributed by atoms with Gasteiger partial charge >= 0.3 is 5.97 Å². The van der Waals surface area contributed by atoms with Crippen molar-refractivity contribution >= 4 is 11.9 Å². The third kappa shape index (κ3) is 1.95. The lowest BCUT2D eigenvalue weighted by Gasteiger charge is -2.22. The molecule has 1 N–H and O–H groups in total. The van der Waals surface area contributed by atoms with Crippen LogP contribution in [0.1, 0.15) is 34.1 Å². The molecule has 1 amide bonds. The Morgan fingerprint density at radius 3 is 2.11 bits per heavy atom. The molecule has 1 heterocycles. The molecule has 5 nitrogen and oxygen atoms in total. The zero-order valence-electron chi connectivity index (χ0n) is 12.3. The predicted octanol–water partition coefficient (Wildman–Crippen LogP) is 1.37. The van der Waals surface area contributed by atoms with E-state index in [9.17, 15) is 14.7 Å². The number of carbonyl (C=O) groups is 2. The summed E-state index contributed by atoms with van der Waals surface area (Å²) < 4.78 is 5.22. The molecule has 0 radical (unpaired) electrons. The average molecular weight is 269 g/mol. The van der Waals surface area contributed by atoms with Crippen molar-refractivity contribution < 1.29 is 19.4 Å². The summed E-state index contributed by atoms with van der Waals surface area (Å²) >= 11 is 0. The number of hydrogen-bond acceptors (Lipinski definition) is 3. The third-order valence-electron chi connectivity index (χ3n) is 5.43. The number of amides is 1. The van der Waals surface area contributed by atoms with Crippen molar-refractivity contribution in [3.05, 3.63) is 0 Å². The van der Waals surface area contributed by atoms with E-state index >= 15 is 0 Å². The first-order valence-corrected chi connectivity index (χ1v) is 6.70. The highest BCUT2D eigenvalue weighted by Crippen LogP contribution is 2.69. The summed E-state index contributed by atoms with van der Waals surface area (Å²) in [6.07, 6.45) is 0.209. The second kappa shape index (κ2) is 4.20. The molecule has 2 fully saturated rings. The van der Waals surface area contributed by atoms with E-state index in [1.54, 1.807) is 7.11 Å². The zero-order valence-corrected chi connectivity index (χ0v) is 12.3. The lowest BCUT2D eigenvalue weighted by molar-refractivity contribution is -0.149. The van der Waals surface area contributed by atoms with E-state index in [2.05, 4.69) is 27.7 Å². The molecule has 0 bridgehead atoms. The van der Waals surface area contributed by atoms with Crippen molar-refractivity contribution in [2.75, 3.05) is 13.7 Å². The molecule has 0 aromatic heterocycles. The Labute approximate surface area is 113 Å². The summed E-state index contributed by atoms with van der Waals surface area (Å²) in [6, 6.07) is -0.746. The molecule has 2 aliphatic rings. The normalized spacial score (nSPS) is 32.4. The Hall–Kier alpha value is -1.10. The summed E-state index contributed by atoms with van der Waals surface area (Å²) in [4.78, 5) is 25.4. The molecule has 1 aliphatic carbocycles. The summed E-state index contributed by atoms with van der Waals surface area (Å²) in [5.41, 5.74) is -0.142. The fraction of sp³-hybridized carbons (Fsp3) is 0.857. The Kier molecular flexibility index (Phi) is 3.16. The van der Waals surface area contributed by atoms with E-state index in [-0.39, 0.29) is 28.8 Å². The molecule has 1 saturated heterocycles. The number of methoxy groups -OCH3 is 1. The van der Waals surface area contributed by atoms with Crippen LogP contribution in [0.5, 0.6) is 0 Å². The van der Waals surface area contributed by atoms with Gasteiger partial charge in [0.1, 0.15) is 6.04 Å². The molecule has 1 aliphatic heterocycles. The largest absolute Gasteiger partial charge is 0.480 e. The van der Waals surface area contributed by atoms with Crippen LogP contribution in [0.25, 0.3) is 0 Å². The predicted molar refractivity (Wildman–Crippen MR) is 69.6 cm³/mol. The highest BCUT2D eigenvalue weighted by molar-refractivity contribution is 5.89. The molecule has 0 aromatic carbocycles. The summed E-state index contributed by atoms with van der Waals surface area (Å²) in [5.74, 6) is -1.08. The van der Waals surface area contributed by atoms with Gasteiger partial charge in [-0.05, 0) is 10.8 Å². The molecule has 2 atom stereocenters. The maximum Gasteiger partial charge on any atom is 0.326 e. The number of ether oxygens (including phenoxy) is 1. The lowest BCUT2D eigenvalue weighted by atomic mass is 10.0. The van der Waals surface area contributed by atoms with Crippen molar-refractivity contribution in [1.29, 1.82) is 0 Å². The minimum absolute atomic E-state index is 0.0399. The van der Waals surface area contributed by atoms with E-state index in [0.717, 1.165) is 0 Å². The third-order valence-corrected chi connectivity index (χ3v) is 5.43. The highest BCUT2D eigenvalue weighted by Gasteiger charge is 2.69. The molecule has 5 heteroatoms. The number of hydrogen-bond donors (Lipinski definition) is 1. The molecule has 0 spiro atoms. The van der Waals surface area contributed by atoms with Crippen LogP contribution in [0.3, 0.4) is 0 Å². The monoisotopic (exact) mass is 269 g/mol. The van der Waals surface area contributed by atoms with Crippen LogP contribution in [-0.4, -0.2) is 47.7 Å². The second-order valence-electron chi connectivity index (χ2n) is 6.81. The first-order valence-electron chi connectivity index (χ1n) is 6.70. The van der Waals surface area contributed by atoms with Gasteiger partial charge in [0, 0.05) is 26.0 Å². The molecule has 1 saturated carbocycles. The SMILES string of the molecule is COC1CC(C(=O)O)N(C(=O)C2C(C)(C)C2(C)C)C1. The topological polar surface area (TPSA) is 66.8 Å². The fourth-order valence-electron chi connectivity index (χ4n) is 3.43. The van der Waals surface area contributed by atoms with Crippen molar-refractivity contribution in [3.8, 4) is 0 Å². The number of nitrogens with zero attached hydrogens (tertiary/aromatic N) is 1. The van der Waals surface area contributed by atoms with Gasteiger partial charge in [-0.25, -0.2) is 4.79 Å². The molecule has 108 valence electrons. The molecular weight excluding hydrogens is 246 g/mol. The van der Waals surface area contributed by atoms with Crippen molar-refractivity contribution in [2.24, 2.45) is 16.7 Å². The van der Waals surface area contributed by atoms with Crippen LogP contribution in [0.15, 0.2) is 0 Å². The number of carboxylic acid groups (broad SMARTS) is 1. The van der Waals surface area contributed by atoms with Crippen molar-refractivity contribution in [2.45, 2.75) is 46.3 Å². The van der Waals surface area contributed by atoms with Gasteiger partial charge in [-0.3, -0.25) is 4.79 Å². The Balaban J connectivity index is 2.17. The van der Waals surface area contributed by atoms with E-state index in [0.29, 0.717) is 13.0 Å². The Bertz CT molecular complexity index is 402. The van der Waals surface area contributed by atoms with Crippen LogP contribution in [0.4, 0.5) is 0 Å². The van der Waals surface area contributed by atoms with Crippen LogP contribution in [0, 0.1) is 16.7 Å². The average Bonchev–Trinajstić information content (AvgIpc) is 2.68. The zero-order chi connectivity index (χ0) is 14.6. The number of carbonyl (C=O) groups excluding carboxylic acids is 1. The Morgan fingerprint density at radius 1 is 1.21 bits per heavy atom. The molecule has 2 rings (SSSR count). The lowest BCUT2D eigenvalue weighted by Crippen LogP contribution is -2.42. The van der Waals surface area contributed by atoms with Gasteiger partial charge in [0.25, 0.3) is 0 Å². The minimum Gasteiger partial charge on any atom is -0.480 e. The van der Waals surface area contributed by atoms with Gasteiger partial charge in [0.15, 0.2) is 0 Å². The van der Waals surface area contributed by atoms with E-state index in [1.165, 1.54) is 4.90 Å². The fourth-order valence-corrected chi connectivity index (χ4v) is 3.43. The first-order chi connectivity index (χ1) is 8.64. The summed E-state index contributed by atoms with van der Waals surface area (Å²) in [6.45, 7) is 8.64. The van der Waals surface area contributed by atoms with Crippen LogP contribution in [0.2, 0.25) is 0 Å². The highest BCUT2D eigenvalue weighted by atomic mass is 16.5. The number of carboxylic acids is 1. The smallest absolute Gasteiger partial charge is 0.326 e. The van der Waals surface area contributed by atoms with Gasteiger partial charge in [0.05, 0.1) is 6.10 Å². The standard InChI is InChI=1S/C14H23NO4/c1-13(2)10(14(13,3)4)11(16)15-7-8(19-5)6-9(15)12(17)18/h8-10H,6-7H2,1-5H3,(H,17,18). The maximum absolute atomic E-state index is 12.6. The van der Waals surface area contributed by atoms with E-state index in [1.807, 2.05) is 0 Å². The Morgan fingerprint density at radius 2 is 1.74 bits per heavy atom. The van der Waals surface area contributed by atoms with Gasteiger partial charge in [-0.1, -0.05) is 27.7 Å². The first kappa shape index (κ1) is 14.3. The summed E-state index contributed by atoms with van der Waals surface area (Å²) in [5, 5.41) is 9.26. The van der Waals surface area contributed by atoms with Crippen LogP contribution >= 0.6 is 0 Å². The van der Waals surface area contributed by atoms with Crippen molar-refractivity contribution in [3.63, 3.8) is 0 Å². The van der Waals surface area contributed by atoms with Crippen LogP contribution < -0.4 is 0 Å². The van der Waals surface area contributed by atoms with Gasteiger partial charge in [-0.15, -0.1) is 0 Å². The quantitative estimate of drug-likeness (QED) is 0.840. The molecule has 2 unspecified atom stereocenters. The van der Waals surface area contributed by atoms with E-state index in [4.69, 9.17) is 4.74 Å². The molecular formula is C14H23NO4. The number of rotatable bonds is 3. The summed E-state index contributed by atoms with van der Waals surface area (Å²) in [7, 11) is 1.56. The van der Waals surface area contributed by atoms with Crippen molar-refractivity contribution in [1.82, 2.24) is 4.90 Å². The van der Waals surface area contributed by atoms with Gasteiger partial charge in [0.2, 0.25) is 5.91 Å². The number of aliphatic carboxylic acids is 1. The molecule has 19 heavy (non-hydrogen) atoms. The van der Waals surface area contributed by atoms with Crippen LogP contribution in [-0.2, 0) is 14.3 Å². The van der Waals surface area contributed by atoms with Gasteiger partial charge in [-0.2, -0.15) is 0 Å². The maximum atomic E-state index is 12.6. The minimum atomic E-state index is -0.941. The number of likely N-dealkylation sites (tertiary alicyclic amines) is 1. The van der Waals surface area contributed by atoms with E-state index < -0.39 is 12.0 Å². The molecule has 0 aromatic rings.